The molecule has 0 saturated carbocycles. The minimum absolute atomic E-state index is 0.0125. The van der Waals surface area contributed by atoms with Crippen molar-refractivity contribution in [3.8, 4) is 5.75 Å². The number of carbonyl (C=O) groups excluding carboxylic acids is 1. The number of ether oxygens (including phenoxy) is 1. The van der Waals surface area contributed by atoms with Gasteiger partial charge in [0.2, 0.25) is 5.91 Å². The first kappa shape index (κ1) is 15.7. The molecule has 2 aromatic carbocycles. The lowest BCUT2D eigenvalue weighted by Crippen LogP contribution is -2.28. The molecule has 128 valence electrons. The Morgan fingerprint density at radius 3 is 3.04 bits per heavy atom. The second-order valence-corrected chi connectivity index (χ2v) is 6.28. The van der Waals surface area contributed by atoms with Crippen molar-refractivity contribution in [1.82, 2.24) is 9.88 Å². The summed E-state index contributed by atoms with van der Waals surface area (Å²) in [4.78, 5) is 12.1. The van der Waals surface area contributed by atoms with E-state index in [1.54, 1.807) is 6.07 Å². The van der Waals surface area contributed by atoms with E-state index in [2.05, 4.69) is 5.32 Å². The Kier molecular flexibility index (Phi) is 4.14. The van der Waals surface area contributed by atoms with Crippen molar-refractivity contribution in [3.63, 3.8) is 0 Å². The molecule has 0 saturated heterocycles. The van der Waals surface area contributed by atoms with E-state index < -0.39 is 0 Å². The molecule has 0 bridgehead atoms. The molecular formula is C20H19FN2O2. The summed E-state index contributed by atoms with van der Waals surface area (Å²) >= 11 is 0. The molecule has 1 amide bonds. The Hall–Kier alpha value is -2.82. The quantitative estimate of drug-likeness (QED) is 0.777. The molecule has 0 unspecified atom stereocenters. The van der Waals surface area contributed by atoms with Crippen LogP contribution in [0.2, 0.25) is 0 Å². The van der Waals surface area contributed by atoms with E-state index in [9.17, 15) is 9.18 Å². The Labute approximate surface area is 145 Å². The number of halogens is 1. The van der Waals surface area contributed by atoms with Crippen molar-refractivity contribution < 1.29 is 13.9 Å². The van der Waals surface area contributed by atoms with Crippen LogP contribution in [0.3, 0.4) is 0 Å². The van der Waals surface area contributed by atoms with Crippen LogP contribution in [0, 0.1) is 5.82 Å². The van der Waals surface area contributed by atoms with E-state index in [1.807, 2.05) is 35.0 Å². The summed E-state index contributed by atoms with van der Waals surface area (Å²) in [6.45, 7) is 1.83. The summed E-state index contributed by atoms with van der Waals surface area (Å²) in [7, 11) is 0. The smallest absolute Gasteiger partial charge is 0.224 e. The standard InChI is InChI=1S/C20H19FN2O2/c21-17-3-2-15-5-8-23(18(15)13-17)9-7-22-20(24)12-14-1-4-19-16(11-14)6-10-25-19/h1-5,8,11,13H,6-7,9-10,12H2,(H,22,24). The van der Waals surface area contributed by atoms with Crippen molar-refractivity contribution in [3.05, 3.63) is 65.6 Å². The largest absolute Gasteiger partial charge is 0.493 e. The lowest BCUT2D eigenvalue weighted by molar-refractivity contribution is -0.120. The Balaban J connectivity index is 1.33. The number of aromatic nitrogens is 1. The molecule has 0 fully saturated rings. The summed E-state index contributed by atoms with van der Waals surface area (Å²) in [5.74, 6) is 0.662. The van der Waals surface area contributed by atoms with Gasteiger partial charge in [-0.1, -0.05) is 12.1 Å². The summed E-state index contributed by atoms with van der Waals surface area (Å²) in [5.41, 5.74) is 3.01. The summed E-state index contributed by atoms with van der Waals surface area (Å²) in [5, 5.41) is 3.93. The van der Waals surface area contributed by atoms with Crippen molar-refractivity contribution >= 4 is 16.8 Å². The van der Waals surface area contributed by atoms with Gasteiger partial charge in [0.15, 0.2) is 0 Å². The van der Waals surface area contributed by atoms with Crippen LogP contribution in [0.5, 0.6) is 5.75 Å². The molecule has 0 aliphatic carbocycles. The van der Waals surface area contributed by atoms with Crippen molar-refractivity contribution in [2.45, 2.75) is 19.4 Å². The zero-order chi connectivity index (χ0) is 17.2. The molecule has 0 atom stereocenters. The van der Waals surface area contributed by atoms with Gasteiger partial charge in [0.25, 0.3) is 0 Å². The van der Waals surface area contributed by atoms with Gasteiger partial charge in [-0.15, -0.1) is 0 Å². The topological polar surface area (TPSA) is 43.3 Å². The highest BCUT2D eigenvalue weighted by Crippen LogP contribution is 2.26. The van der Waals surface area contributed by atoms with E-state index in [-0.39, 0.29) is 11.7 Å². The number of nitrogens with zero attached hydrogens (tertiary/aromatic N) is 1. The highest BCUT2D eigenvalue weighted by Gasteiger charge is 2.13. The Morgan fingerprint density at radius 2 is 2.12 bits per heavy atom. The van der Waals surface area contributed by atoms with Crippen LogP contribution in [0.25, 0.3) is 10.9 Å². The van der Waals surface area contributed by atoms with Gasteiger partial charge in [-0.25, -0.2) is 4.39 Å². The fraction of sp³-hybridized carbons (Fsp3) is 0.250. The predicted molar refractivity (Wildman–Crippen MR) is 94.3 cm³/mol. The monoisotopic (exact) mass is 338 g/mol. The highest BCUT2D eigenvalue weighted by molar-refractivity contribution is 5.80. The van der Waals surface area contributed by atoms with Crippen LogP contribution < -0.4 is 10.1 Å². The van der Waals surface area contributed by atoms with Crippen LogP contribution in [0.15, 0.2) is 48.7 Å². The second kappa shape index (κ2) is 6.59. The first-order valence-electron chi connectivity index (χ1n) is 8.45. The van der Waals surface area contributed by atoms with E-state index >= 15 is 0 Å². The van der Waals surface area contributed by atoms with Crippen LogP contribution in [-0.4, -0.2) is 23.6 Å². The predicted octanol–water partition coefficient (Wildman–Crippen LogP) is 3.07. The maximum Gasteiger partial charge on any atom is 0.224 e. The van der Waals surface area contributed by atoms with Gasteiger partial charge in [0.1, 0.15) is 11.6 Å². The number of hydrogen-bond donors (Lipinski definition) is 1. The minimum atomic E-state index is -0.253. The third kappa shape index (κ3) is 3.36. The number of amides is 1. The lowest BCUT2D eigenvalue weighted by atomic mass is 10.1. The first-order valence-corrected chi connectivity index (χ1v) is 8.45. The number of fused-ring (bicyclic) bond motifs is 2. The van der Waals surface area contributed by atoms with Crippen molar-refractivity contribution in [1.29, 1.82) is 0 Å². The SMILES string of the molecule is O=C(Cc1ccc2c(c1)CCO2)NCCn1ccc2ccc(F)cc21. The molecule has 1 N–H and O–H groups in total. The summed E-state index contributed by atoms with van der Waals surface area (Å²) in [6, 6.07) is 12.6. The third-order valence-electron chi connectivity index (χ3n) is 4.53. The number of hydrogen-bond acceptors (Lipinski definition) is 2. The number of carbonyl (C=O) groups is 1. The fourth-order valence-electron chi connectivity index (χ4n) is 3.27. The molecule has 1 aliphatic rings. The van der Waals surface area contributed by atoms with Gasteiger partial charge in [0.05, 0.1) is 18.5 Å². The summed E-state index contributed by atoms with van der Waals surface area (Å²) < 4.78 is 20.8. The zero-order valence-electron chi connectivity index (χ0n) is 13.8. The van der Waals surface area contributed by atoms with E-state index in [4.69, 9.17) is 4.74 Å². The van der Waals surface area contributed by atoms with Crippen LogP contribution >= 0.6 is 0 Å². The number of rotatable bonds is 5. The molecule has 25 heavy (non-hydrogen) atoms. The average Bonchev–Trinajstić information content (AvgIpc) is 3.21. The summed E-state index contributed by atoms with van der Waals surface area (Å²) in [6.07, 6.45) is 3.17. The molecule has 1 aromatic heterocycles. The highest BCUT2D eigenvalue weighted by atomic mass is 19.1. The molecule has 5 heteroatoms. The zero-order valence-corrected chi connectivity index (χ0v) is 13.8. The van der Waals surface area contributed by atoms with Crippen LogP contribution in [0.4, 0.5) is 4.39 Å². The first-order chi connectivity index (χ1) is 12.2. The Bertz CT molecular complexity index is 933. The fourth-order valence-corrected chi connectivity index (χ4v) is 3.27. The number of nitrogens with one attached hydrogen (secondary N) is 1. The molecular weight excluding hydrogens is 319 g/mol. The maximum absolute atomic E-state index is 13.4. The second-order valence-electron chi connectivity index (χ2n) is 6.28. The van der Waals surface area contributed by atoms with E-state index in [0.29, 0.717) is 19.5 Å². The minimum Gasteiger partial charge on any atom is -0.493 e. The lowest BCUT2D eigenvalue weighted by Gasteiger charge is -2.08. The normalized spacial score (nSPS) is 12.8. The molecule has 3 aromatic rings. The maximum atomic E-state index is 13.4. The van der Waals surface area contributed by atoms with Gasteiger partial charge in [-0.2, -0.15) is 0 Å². The Morgan fingerprint density at radius 1 is 1.20 bits per heavy atom. The van der Waals surface area contributed by atoms with Gasteiger partial charge < -0.3 is 14.6 Å². The van der Waals surface area contributed by atoms with Gasteiger partial charge >= 0.3 is 0 Å². The van der Waals surface area contributed by atoms with Crippen molar-refractivity contribution in [2.24, 2.45) is 0 Å². The van der Waals surface area contributed by atoms with Gasteiger partial charge in [-0.05, 0) is 46.8 Å². The third-order valence-corrected chi connectivity index (χ3v) is 4.53. The van der Waals surface area contributed by atoms with Crippen LogP contribution in [0.1, 0.15) is 11.1 Å². The van der Waals surface area contributed by atoms with Gasteiger partial charge in [-0.3, -0.25) is 4.79 Å². The van der Waals surface area contributed by atoms with E-state index in [1.165, 1.54) is 17.7 Å². The average molecular weight is 338 g/mol. The van der Waals surface area contributed by atoms with E-state index in [0.717, 1.165) is 35.2 Å². The van der Waals surface area contributed by atoms with Crippen LogP contribution in [-0.2, 0) is 24.2 Å². The molecule has 4 rings (SSSR count). The molecule has 1 aliphatic heterocycles. The van der Waals surface area contributed by atoms with Gasteiger partial charge in [0, 0.05) is 25.7 Å². The molecule has 2 heterocycles. The van der Waals surface area contributed by atoms with Crippen molar-refractivity contribution in [2.75, 3.05) is 13.2 Å². The molecule has 0 spiro atoms. The number of benzene rings is 2. The molecule has 0 radical (unpaired) electrons. The molecule has 4 nitrogen and oxygen atoms in total.